The van der Waals surface area contributed by atoms with Gasteiger partial charge in [0.2, 0.25) is 5.91 Å². The number of hydrogen-bond donors (Lipinski definition) is 2. The maximum atomic E-state index is 11.9. The molecule has 1 saturated heterocycles. The van der Waals surface area contributed by atoms with Crippen LogP contribution < -0.4 is 11.1 Å². The summed E-state index contributed by atoms with van der Waals surface area (Å²) >= 11 is 0. The van der Waals surface area contributed by atoms with Gasteiger partial charge in [0.05, 0.1) is 0 Å². The van der Waals surface area contributed by atoms with Crippen molar-refractivity contribution in [2.75, 3.05) is 32.7 Å². The number of nitrogens with zero attached hydrogens (tertiary/aromatic N) is 1. The molecular formula is C17H35N3O. The van der Waals surface area contributed by atoms with Crippen LogP contribution in [0.4, 0.5) is 0 Å². The van der Waals surface area contributed by atoms with Gasteiger partial charge in [0.15, 0.2) is 0 Å². The van der Waals surface area contributed by atoms with Crippen LogP contribution in [0.15, 0.2) is 0 Å². The summed E-state index contributed by atoms with van der Waals surface area (Å²) in [7, 11) is 0. The zero-order valence-corrected chi connectivity index (χ0v) is 14.2. The van der Waals surface area contributed by atoms with Crippen LogP contribution in [0.3, 0.4) is 0 Å². The number of carbonyl (C=O) groups is 1. The minimum Gasteiger partial charge on any atom is -0.356 e. The highest BCUT2D eigenvalue weighted by molar-refractivity contribution is 5.76. The largest absolute Gasteiger partial charge is 0.356 e. The fourth-order valence-corrected chi connectivity index (χ4v) is 3.08. The molecule has 0 aromatic carbocycles. The van der Waals surface area contributed by atoms with Crippen LogP contribution >= 0.6 is 0 Å². The van der Waals surface area contributed by atoms with Gasteiger partial charge in [0.1, 0.15) is 0 Å². The highest BCUT2D eigenvalue weighted by Crippen LogP contribution is 2.16. The van der Waals surface area contributed by atoms with Crippen LogP contribution in [0.25, 0.3) is 0 Å². The summed E-state index contributed by atoms with van der Waals surface area (Å²) in [5.41, 5.74) is 5.75. The second-order valence-corrected chi connectivity index (χ2v) is 7.16. The predicted molar refractivity (Wildman–Crippen MR) is 89.1 cm³/mol. The molecule has 21 heavy (non-hydrogen) atoms. The summed E-state index contributed by atoms with van der Waals surface area (Å²) in [5, 5.41) is 3.05. The molecule has 1 aliphatic heterocycles. The van der Waals surface area contributed by atoms with Crippen LogP contribution in [0.5, 0.6) is 0 Å². The van der Waals surface area contributed by atoms with Crippen LogP contribution in [0.1, 0.15) is 52.9 Å². The second kappa shape index (κ2) is 10.2. The quantitative estimate of drug-likeness (QED) is 0.642. The Morgan fingerprint density at radius 1 is 1.33 bits per heavy atom. The maximum Gasteiger partial charge on any atom is 0.220 e. The first kappa shape index (κ1) is 18.4. The first-order valence-electron chi connectivity index (χ1n) is 8.70. The molecule has 124 valence electrons. The van der Waals surface area contributed by atoms with Crippen molar-refractivity contribution in [2.24, 2.45) is 23.5 Å². The van der Waals surface area contributed by atoms with E-state index in [1.807, 2.05) is 0 Å². The molecule has 1 heterocycles. The minimum absolute atomic E-state index is 0.165. The molecule has 0 aliphatic carbocycles. The molecule has 0 aromatic rings. The van der Waals surface area contributed by atoms with Gasteiger partial charge in [-0.1, -0.05) is 20.8 Å². The van der Waals surface area contributed by atoms with Gasteiger partial charge in [-0.2, -0.15) is 0 Å². The Labute approximate surface area is 130 Å². The molecule has 4 nitrogen and oxygen atoms in total. The van der Waals surface area contributed by atoms with Crippen LogP contribution in [-0.2, 0) is 4.79 Å². The van der Waals surface area contributed by atoms with E-state index in [1.54, 1.807) is 0 Å². The van der Waals surface area contributed by atoms with Crippen molar-refractivity contribution >= 4 is 5.91 Å². The molecule has 0 saturated carbocycles. The van der Waals surface area contributed by atoms with E-state index in [1.165, 1.54) is 25.9 Å². The third kappa shape index (κ3) is 8.42. The Kier molecular flexibility index (Phi) is 8.93. The molecule has 0 bridgehead atoms. The average Bonchev–Trinajstić information content (AvgIpc) is 2.44. The Morgan fingerprint density at radius 3 is 2.57 bits per heavy atom. The highest BCUT2D eigenvalue weighted by atomic mass is 16.1. The van der Waals surface area contributed by atoms with E-state index in [4.69, 9.17) is 5.73 Å². The van der Waals surface area contributed by atoms with Crippen LogP contribution in [0.2, 0.25) is 0 Å². The lowest BCUT2D eigenvalue weighted by molar-refractivity contribution is -0.122. The number of amides is 1. The van der Waals surface area contributed by atoms with Crippen molar-refractivity contribution in [1.82, 2.24) is 10.2 Å². The van der Waals surface area contributed by atoms with Gasteiger partial charge in [-0.25, -0.2) is 0 Å². The molecule has 0 aromatic heterocycles. The van der Waals surface area contributed by atoms with E-state index < -0.39 is 0 Å². The van der Waals surface area contributed by atoms with E-state index in [0.717, 1.165) is 31.8 Å². The van der Waals surface area contributed by atoms with Crippen LogP contribution in [0, 0.1) is 17.8 Å². The van der Waals surface area contributed by atoms with Crippen molar-refractivity contribution < 1.29 is 4.79 Å². The molecule has 1 atom stereocenters. The minimum atomic E-state index is 0.165. The molecule has 1 aliphatic rings. The number of hydrogen-bond acceptors (Lipinski definition) is 3. The molecular weight excluding hydrogens is 262 g/mol. The summed E-state index contributed by atoms with van der Waals surface area (Å²) in [5.74, 6) is 1.98. The topological polar surface area (TPSA) is 58.4 Å². The third-order valence-corrected chi connectivity index (χ3v) is 4.46. The first-order chi connectivity index (χ1) is 10.0. The van der Waals surface area contributed by atoms with Crippen molar-refractivity contribution in [1.29, 1.82) is 0 Å². The number of nitrogens with two attached hydrogens (primary N) is 1. The molecule has 0 unspecified atom stereocenters. The second-order valence-electron chi connectivity index (χ2n) is 7.16. The van der Waals surface area contributed by atoms with E-state index in [-0.39, 0.29) is 5.91 Å². The highest BCUT2D eigenvalue weighted by Gasteiger charge is 2.16. The summed E-state index contributed by atoms with van der Waals surface area (Å²) in [6, 6.07) is 0. The standard InChI is InChI=1S/C17H35N3O/c1-14(2)11-16(13-18)12-17(21)19-7-4-8-20-9-5-15(3)6-10-20/h14-16H,4-13,18H2,1-3H3,(H,19,21)/t16-/m0/s1. The first-order valence-corrected chi connectivity index (χ1v) is 8.70. The maximum absolute atomic E-state index is 11.9. The SMILES string of the molecule is CC(C)C[C@H](CN)CC(=O)NCCCN1CCC(C)CC1. The zero-order chi connectivity index (χ0) is 15.7. The van der Waals surface area contributed by atoms with Gasteiger partial charge in [-0.3, -0.25) is 4.79 Å². The fraction of sp³-hybridized carbons (Fsp3) is 0.941. The van der Waals surface area contributed by atoms with Crippen molar-refractivity contribution in [3.05, 3.63) is 0 Å². The normalized spacial score (nSPS) is 18.9. The van der Waals surface area contributed by atoms with E-state index >= 15 is 0 Å². The van der Waals surface area contributed by atoms with Gasteiger partial charge in [0.25, 0.3) is 0 Å². The number of likely N-dealkylation sites (tertiary alicyclic amines) is 1. The number of piperidine rings is 1. The summed E-state index contributed by atoms with van der Waals surface area (Å²) in [4.78, 5) is 14.4. The molecule has 4 heteroatoms. The Balaban J connectivity index is 2.07. The number of nitrogens with one attached hydrogen (secondary N) is 1. The molecule has 1 amide bonds. The Hall–Kier alpha value is -0.610. The molecule has 1 fully saturated rings. The smallest absolute Gasteiger partial charge is 0.220 e. The molecule has 0 radical (unpaired) electrons. The lowest BCUT2D eigenvalue weighted by atomic mass is 9.94. The van der Waals surface area contributed by atoms with Crippen molar-refractivity contribution in [2.45, 2.75) is 52.9 Å². The summed E-state index contributed by atoms with van der Waals surface area (Å²) in [6.45, 7) is 11.7. The Bertz CT molecular complexity index is 286. The summed E-state index contributed by atoms with van der Waals surface area (Å²) in [6.07, 6.45) is 5.31. The van der Waals surface area contributed by atoms with Gasteiger partial charge >= 0.3 is 0 Å². The number of rotatable bonds is 9. The van der Waals surface area contributed by atoms with Gasteiger partial charge in [-0.05, 0) is 69.6 Å². The van der Waals surface area contributed by atoms with E-state index in [9.17, 15) is 4.79 Å². The molecule has 1 rings (SSSR count). The predicted octanol–water partition coefficient (Wildman–Crippen LogP) is 2.24. The van der Waals surface area contributed by atoms with Gasteiger partial charge in [-0.15, -0.1) is 0 Å². The van der Waals surface area contributed by atoms with E-state index in [0.29, 0.717) is 24.8 Å². The average molecular weight is 297 g/mol. The zero-order valence-electron chi connectivity index (χ0n) is 14.2. The molecule has 3 N–H and O–H groups in total. The number of carbonyl (C=O) groups excluding carboxylic acids is 1. The van der Waals surface area contributed by atoms with E-state index in [2.05, 4.69) is 31.0 Å². The van der Waals surface area contributed by atoms with Crippen molar-refractivity contribution in [3.8, 4) is 0 Å². The van der Waals surface area contributed by atoms with Crippen molar-refractivity contribution in [3.63, 3.8) is 0 Å². The lowest BCUT2D eigenvalue weighted by Gasteiger charge is -2.30. The van der Waals surface area contributed by atoms with Gasteiger partial charge in [0, 0.05) is 13.0 Å². The fourth-order valence-electron chi connectivity index (χ4n) is 3.08. The summed E-state index contributed by atoms with van der Waals surface area (Å²) < 4.78 is 0. The Morgan fingerprint density at radius 2 is 2.00 bits per heavy atom. The van der Waals surface area contributed by atoms with Crippen LogP contribution in [-0.4, -0.2) is 43.5 Å². The lowest BCUT2D eigenvalue weighted by Crippen LogP contribution is -2.36. The van der Waals surface area contributed by atoms with Gasteiger partial charge < -0.3 is 16.0 Å². The third-order valence-electron chi connectivity index (χ3n) is 4.46. The monoisotopic (exact) mass is 297 g/mol. The molecule has 0 spiro atoms.